The van der Waals surface area contributed by atoms with E-state index in [4.69, 9.17) is 4.52 Å². The van der Waals surface area contributed by atoms with Crippen LogP contribution in [0.5, 0.6) is 0 Å². The third-order valence-corrected chi connectivity index (χ3v) is 3.50. The Morgan fingerprint density at radius 3 is 2.62 bits per heavy atom. The lowest BCUT2D eigenvalue weighted by molar-refractivity contribution is 0.390. The Hall–Kier alpha value is -1.77. The van der Waals surface area contributed by atoms with Gasteiger partial charge in [-0.15, -0.1) is 24.0 Å². The minimum Gasteiger partial charge on any atom is -0.375 e. The molecular weight excluding hydrogens is 417 g/mol. The molecule has 2 N–H and O–H groups in total. The van der Waals surface area contributed by atoms with Crippen LogP contribution < -0.4 is 15.5 Å². The van der Waals surface area contributed by atoms with Crippen molar-refractivity contribution in [3.8, 4) is 0 Å². The number of nitrogens with one attached hydrogen (secondary N) is 2. The number of nitrogens with zero attached hydrogens (tertiary/aromatic N) is 3. The molecule has 0 aliphatic carbocycles. The zero-order valence-electron chi connectivity index (χ0n) is 14.5. The lowest BCUT2D eigenvalue weighted by atomic mass is 10.3. The molecule has 0 atom stereocenters. The lowest BCUT2D eigenvalue weighted by Crippen LogP contribution is -2.38. The van der Waals surface area contributed by atoms with Gasteiger partial charge in [-0.3, -0.25) is 4.99 Å². The lowest BCUT2D eigenvalue weighted by Gasteiger charge is -2.19. The largest absolute Gasteiger partial charge is 0.375 e. The van der Waals surface area contributed by atoms with Gasteiger partial charge in [-0.25, -0.2) is 0 Å². The van der Waals surface area contributed by atoms with Gasteiger partial charge in [0.1, 0.15) is 11.5 Å². The van der Waals surface area contributed by atoms with Crippen LogP contribution in [0.25, 0.3) is 0 Å². The molecule has 0 unspecified atom stereocenters. The Balaban J connectivity index is 0.00000288. The standard InChI is InChI=1S/C17H25N5O.HI/c1-14-12-15(21-23-14)13-20-17(18-2)19-10-7-11-22(3)16-8-5-4-6-9-16;/h4-6,8-9,12H,7,10-11,13H2,1-3H3,(H2,18,19,20);1H. The minimum atomic E-state index is 0. The minimum absolute atomic E-state index is 0. The third-order valence-electron chi connectivity index (χ3n) is 3.50. The molecule has 0 bridgehead atoms. The second kappa shape index (κ2) is 10.9. The van der Waals surface area contributed by atoms with Crippen LogP contribution in [-0.4, -0.2) is 38.3 Å². The van der Waals surface area contributed by atoms with Crippen molar-refractivity contribution in [1.29, 1.82) is 0 Å². The van der Waals surface area contributed by atoms with Crippen molar-refractivity contribution >= 4 is 35.6 Å². The van der Waals surface area contributed by atoms with Crippen LogP contribution in [0.4, 0.5) is 5.69 Å². The highest BCUT2D eigenvalue weighted by atomic mass is 127. The molecule has 0 spiro atoms. The Morgan fingerprint density at radius 2 is 2.00 bits per heavy atom. The van der Waals surface area contributed by atoms with Gasteiger partial charge in [-0.1, -0.05) is 23.4 Å². The number of aliphatic imine (C=N–C) groups is 1. The molecule has 0 saturated heterocycles. The molecule has 2 aromatic rings. The summed E-state index contributed by atoms with van der Waals surface area (Å²) in [5, 5.41) is 10.5. The van der Waals surface area contributed by atoms with Gasteiger partial charge in [0.25, 0.3) is 0 Å². The maximum atomic E-state index is 5.04. The first-order valence-electron chi connectivity index (χ1n) is 7.82. The summed E-state index contributed by atoms with van der Waals surface area (Å²) in [6, 6.07) is 12.3. The van der Waals surface area contributed by atoms with Gasteiger partial charge in [-0.05, 0) is 25.5 Å². The second-order valence-corrected chi connectivity index (χ2v) is 5.39. The van der Waals surface area contributed by atoms with Gasteiger partial charge in [0.2, 0.25) is 0 Å². The summed E-state index contributed by atoms with van der Waals surface area (Å²) >= 11 is 0. The Morgan fingerprint density at radius 1 is 1.25 bits per heavy atom. The number of rotatable bonds is 7. The van der Waals surface area contributed by atoms with E-state index in [-0.39, 0.29) is 24.0 Å². The molecular formula is C17H26IN5O. The molecule has 0 saturated carbocycles. The molecule has 132 valence electrons. The predicted molar refractivity (Wildman–Crippen MR) is 109 cm³/mol. The van der Waals surface area contributed by atoms with E-state index in [1.165, 1.54) is 5.69 Å². The van der Waals surface area contributed by atoms with E-state index in [0.717, 1.165) is 36.9 Å². The molecule has 1 heterocycles. The van der Waals surface area contributed by atoms with E-state index in [9.17, 15) is 0 Å². The first-order valence-corrected chi connectivity index (χ1v) is 7.82. The van der Waals surface area contributed by atoms with Gasteiger partial charge >= 0.3 is 0 Å². The van der Waals surface area contributed by atoms with Crippen molar-refractivity contribution in [3.63, 3.8) is 0 Å². The highest BCUT2D eigenvalue weighted by molar-refractivity contribution is 14.0. The molecule has 0 aliphatic heterocycles. The van der Waals surface area contributed by atoms with Crippen molar-refractivity contribution < 1.29 is 4.52 Å². The molecule has 0 radical (unpaired) electrons. The first-order chi connectivity index (χ1) is 11.2. The summed E-state index contributed by atoms with van der Waals surface area (Å²) in [5.41, 5.74) is 2.10. The highest BCUT2D eigenvalue weighted by Gasteiger charge is 2.03. The summed E-state index contributed by atoms with van der Waals surface area (Å²) < 4.78 is 5.04. The van der Waals surface area contributed by atoms with Crippen LogP contribution in [0.15, 0.2) is 45.9 Å². The van der Waals surface area contributed by atoms with Crippen molar-refractivity contribution in [2.75, 3.05) is 32.1 Å². The summed E-state index contributed by atoms with van der Waals surface area (Å²) in [6.07, 6.45) is 1.02. The summed E-state index contributed by atoms with van der Waals surface area (Å²) in [6.45, 7) is 4.32. The zero-order chi connectivity index (χ0) is 16.5. The molecule has 2 rings (SSSR count). The molecule has 0 amide bonds. The first kappa shape index (κ1) is 20.3. The fourth-order valence-corrected chi connectivity index (χ4v) is 2.23. The SMILES string of the molecule is CN=C(NCCCN(C)c1ccccc1)NCc1cc(C)on1.I. The maximum Gasteiger partial charge on any atom is 0.191 e. The fraction of sp³-hybridized carbons (Fsp3) is 0.412. The number of guanidine groups is 1. The van der Waals surface area contributed by atoms with Gasteiger partial charge in [0.05, 0.1) is 6.54 Å². The van der Waals surface area contributed by atoms with Crippen molar-refractivity contribution in [2.24, 2.45) is 4.99 Å². The molecule has 6 nitrogen and oxygen atoms in total. The average Bonchev–Trinajstić information content (AvgIpc) is 3.00. The van der Waals surface area contributed by atoms with E-state index in [2.05, 4.69) is 57.0 Å². The monoisotopic (exact) mass is 443 g/mol. The number of halogens is 1. The number of aryl methyl sites for hydroxylation is 1. The number of hydrogen-bond acceptors (Lipinski definition) is 4. The number of para-hydroxylation sites is 1. The molecule has 7 heteroatoms. The van der Waals surface area contributed by atoms with Crippen LogP contribution in [0.2, 0.25) is 0 Å². The predicted octanol–water partition coefficient (Wildman–Crippen LogP) is 2.79. The van der Waals surface area contributed by atoms with Crippen LogP contribution in [0.1, 0.15) is 17.9 Å². The number of aromatic nitrogens is 1. The van der Waals surface area contributed by atoms with E-state index in [1.807, 2.05) is 19.1 Å². The van der Waals surface area contributed by atoms with Gasteiger partial charge in [-0.2, -0.15) is 0 Å². The van der Waals surface area contributed by atoms with Crippen LogP contribution in [0.3, 0.4) is 0 Å². The fourth-order valence-electron chi connectivity index (χ4n) is 2.23. The molecule has 0 aliphatic rings. The summed E-state index contributed by atoms with van der Waals surface area (Å²) in [5.74, 6) is 1.58. The van der Waals surface area contributed by atoms with Crippen LogP contribution in [-0.2, 0) is 6.54 Å². The number of hydrogen-bond donors (Lipinski definition) is 2. The Bertz CT molecular complexity index is 614. The van der Waals surface area contributed by atoms with E-state index in [1.54, 1.807) is 7.05 Å². The molecule has 24 heavy (non-hydrogen) atoms. The Labute approximate surface area is 160 Å². The molecule has 1 aromatic carbocycles. The Kier molecular flexibility index (Phi) is 9.21. The summed E-state index contributed by atoms with van der Waals surface area (Å²) in [7, 11) is 3.87. The smallest absolute Gasteiger partial charge is 0.191 e. The van der Waals surface area contributed by atoms with E-state index < -0.39 is 0 Å². The quantitative estimate of drug-likeness (QED) is 0.298. The number of benzene rings is 1. The van der Waals surface area contributed by atoms with Gasteiger partial charge < -0.3 is 20.1 Å². The highest BCUT2D eigenvalue weighted by Crippen LogP contribution is 2.10. The van der Waals surface area contributed by atoms with Crippen molar-refractivity contribution in [3.05, 3.63) is 47.9 Å². The topological polar surface area (TPSA) is 65.7 Å². The molecule has 1 aromatic heterocycles. The third kappa shape index (κ3) is 6.77. The van der Waals surface area contributed by atoms with Crippen molar-refractivity contribution in [2.45, 2.75) is 19.9 Å². The van der Waals surface area contributed by atoms with Gasteiger partial charge in [0.15, 0.2) is 5.96 Å². The normalized spacial score (nSPS) is 10.9. The zero-order valence-corrected chi connectivity index (χ0v) is 16.8. The van der Waals surface area contributed by atoms with E-state index in [0.29, 0.717) is 6.54 Å². The number of anilines is 1. The second-order valence-electron chi connectivity index (χ2n) is 5.39. The van der Waals surface area contributed by atoms with Gasteiger partial charge in [0, 0.05) is 38.9 Å². The maximum absolute atomic E-state index is 5.04. The molecule has 0 fully saturated rings. The van der Waals surface area contributed by atoms with Crippen LogP contribution in [0, 0.1) is 6.92 Å². The van der Waals surface area contributed by atoms with Crippen LogP contribution >= 0.6 is 24.0 Å². The van der Waals surface area contributed by atoms with Crippen molar-refractivity contribution in [1.82, 2.24) is 15.8 Å². The van der Waals surface area contributed by atoms with E-state index >= 15 is 0 Å². The average molecular weight is 443 g/mol. The summed E-state index contributed by atoms with van der Waals surface area (Å²) in [4.78, 5) is 6.45.